The number of oxazole rings is 1. The molecule has 9 heteroatoms. The van der Waals surface area contributed by atoms with Crippen LogP contribution in [0.5, 0.6) is 5.75 Å². The molecule has 4 aromatic rings. The number of benzene rings is 2. The van der Waals surface area contributed by atoms with Crippen LogP contribution in [0.3, 0.4) is 0 Å². The van der Waals surface area contributed by atoms with Crippen molar-refractivity contribution >= 4 is 11.8 Å². The molecule has 0 fully saturated rings. The maximum Gasteiger partial charge on any atom is 0.226 e. The molecule has 0 unspecified atom stereocenters. The highest BCUT2D eigenvalue weighted by Crippen LogP contribution is 2.25. The van der Waals surface area contributed by atoms with Gasteiger partial charge in [0.1, 0.15) is 17.8 Å². The van der Waals surface area contributed by atoms with E-state index in [1.54, 1.807) is 30.2 Å². The summed E-state index contributed by atoms with van der Waals surface area (Å²) in [6.07, 6.45) is 1.55. The Labute approximate surface area is 158 Å². The first-order valence-electron chi connectivity index (χ1n) is 7.99. The van der Waals surface area contributed by atoms with Crippen molar-refractivity contribution in [3.05, 3.63) is 66.3 Å². The second-order valence-corrected chi connectivity index (χ2v) is 6.46. The summed E-state index contributed by atoms with van der Waals surface area (Å²) in [7, 11) is 1.61. The van der Waals surface area contributed by atoms with Gasteiger partial charge in [0.25, 0.3) is 0 Å². The number of nitrogens with zero attached hydrogens (tertiary/aromatic N) is 5. The lowest BCUT2D eigenvalue weighted by Crippen LogP contribution is -1.99. The van der Waals surface area contributed by atoms with Crippen LogP contribution in [-0.2, 0) is 5.75 Å². The predicted molar refractivity (Wildman–Crippen MR) is 97.2 cm³/mol. The number of aromatic nitrogens is 5. The van der Waals surface area contributed by atoms with Crippen LogP contribution in [0.2, 0.25) is 0 Å². The first kappa shape index (κ1) is 17.2. The van der Waals surface area contributed by atoms with Crippen LogP contribution in [0.4, 0.5) is 4.39 Å². The zero-order valence-corrected chi connectivity index (χ0v) is 15.1. The van der Waals surface area contributed by atoms with Gasteiger partial charge in [-0.2, -0.15) is 4.68 Å². The minimum absolute atomic E-state index is 0.333. The third-order valence-corrected chi connectivity index (χ3v) is 4.68. The quantitative estimate of drug-likeness (QED) is 0.469. The summed E-state index contributed by atoms with van der Waals surface area (Å²) in [6.45, 7) is 0. The fraction of sp³-hybridized carbons (Fsp3) is 0.111. The van der Waals surface area contributed by atoms with E-state index >= 15 is 0 Å². The van der Waals surface area contributed by atoms with E-state index in [4.69, 9.17) is 9.15 Å². The minimum Gasteiger partial charge on any atom is -0.497 e. The molecule has 0 bridgehead atoms. The molecule has 2 heterocycles. The maximum atomic E-state index is 13.3. The summed E-state index contributed by atoms with van der Waals surface area (Å²) in [5.41, 5.74) is 2.13. The first-order valence-corrected chi connectivity index (χ1v) is 8.97. The number of hydrogen-bond donors (Lipinski definition) is 0. The third kappa shape index (κ3) is 3.82. The number of thioether (sulfide) groups is 1. The molecule has 0 aliphatic carbocycles. The van der Waals surface area contributed by atoms with Crippen molar-refractivity contribution in [1.82, 2.24) is 25.2 Å². The predicted octanol–water partition coefficient (Wildman–Crippen LogP) is 3.76. The van der Waals surface area contributed by atoms with E-state index in [0.717, 1.165) is 11.4 Å². The van der Waals surface area contributed by atoms with Crippen LogP contribution in [0, 0.1) is 5.82 Å². The van der Waals surface area contributed by atoms with E-state index in [9.17, 15) is 4.39 Å². The molecular weight excluding hydrogens is 369 g/mol. The van der Waals surface area contributed by atoms with Gasteiger partial charge in [0.2, 0.25) is 11.0 Å². The summed E-state index contributed by atoms with van der Waals surface area (Å²) in [4.78, 5) is 4.40. The number of methoxy groups -OCH3 is 1. The van der Waals surface area contributed by atoms with Gasteiger partial charge < -0.3 is 9.15 Å². The molecule has 0 amide bonds. The summed E-state index contributed by atoms with van der Waals surface area (Å²) in [5.74, 6) is 1.31. The molecule has 0 saturated heterocycles. The van der Waals surface area contributed by atoms with Gasteiger partial charge in [-0.15, -0.1) is 5.10 Å². The molecule has 4 rings (SSSR count). The van der Waals surface area contributed by atoms with Crippen molar-refractivity contribution in [2.45, 2.75) is 10.9 Å². The molecule has 0 spiro atoms. The van der Waals surface area contributed by atoms with Crippen molar-refractivity contribution in [1.29, 1.82) is 0 Å². The topological polar surface area (TPSA) is 78.9 Å². The maximum absolute atomic E-state index is 13.3. The average Bonchev–Trinajstić information content (AvgIpc) is 3.36. The zero-order chi connectivity index (χ0) is 18.6. The van der Waals surface area contributed by atoms with Crippen molar-refractivity contribution < 1.29 is 13.5 Å². The molecular formula is C18H14FN5O2S. The van der Waals surface area contributed by atoms with Crippen LogP contribution in [0.15, 0.2) is 64.4 Å². The van der Waals surface area contributed by atoms with E-state index in [0.29, 0.717) is 28.1 Å². The lowest BCUT2D eigenvalue weighted by atomic mass is 10.2. The van der Waals surface area contributed by atoms with Gasteiger partial charge in [-0.05, 0) is 52.9 Å². The molecule has 7 nitrogen and oxygen atoms in total. The number of hydrogen-bond acceptors (Lipinski definition) is 7. The molecule has 0 saturated carbocycles. The molecule has 27 heavy (non-hydrogen) atoms. The smallest absolute Gasteiger partial charge is 0.226 e. The third-order valence-electron chi connectivity index (χ3n) is 3.73. The molecule has 2 aromatic carbocycles. The summed E-state index contributed by atoms with van der Waals surface area (Å²) in [5, 5.41) is 12.4. The Kier molecular flexibility index (Phi) is 4.84. The van der Waals surface area contributed by atoms with Crippen LogP contribution < -0.4 is 4.74 Å². The number of tetrazole rings is 1. The fourth-order valence-electron chi connectivity index (χ4n) is 2.42. The molecule has 136 valence electrons. The van der Waals surface area contributed by atoms with E-state index < -0.39 is 0 Å². The van der Waals surface area contributed by atoms with Crippen LogP contribution >= 0.6 is 11.8 Å². The first-order chi connectivity index (χ1) is 13.2. The van der Waals surface area contributed by atoms with Gasteiger partial charge in [-0.25, -0.2) is 9.37 Å². The van der Waals surface area contributed by atoms with Crippen molar-refractivity contribution in [2.24, 2.45) is 0 Å². The van der Waals surface area contributed by atoms with Gasteiger partial charge in [0.15, 0.2) is 0 Å². The minimum atomic E-state index is -0.333. The number of halogens is 1. The average molecular weight is 383 g/mol. The van der Waals surface area contributed by atoms with E-state index in [-0.39, 0.29) is 5.82 Å². The zero-order valence-electron chi connectivity index (χ0n) is 14.2. The standard InChI is InChI=1S/C18H14FN5O2S/c1-25-16-7-5-15(6-8-16)24-18(21-22-23-24)27-11-14-10-26-17(20-14)12-3-2-4-13(19)9-12/h2-10H,11H2,1H3. The van der Waals surface area contributed by atoms with Gasteiger partial charge >= 0.3 is 0 Å². The van der Waals surface area contributed by atoms with E-state index in [2.05, 4.69) is 20.5 Å². The summed E-state index contributed by atoms with van der Waals surface area (Å²) < 4.78 is 25.6. The molecule has 0 N–H and O–H groups in total. The Morgan fingerprint density at radius 2 is 2.04 bits per heavy atom. The highest BCUT2D eigenvalue weighted by molar-refractivity contribution is 7.98. The fourth-order valence-corrected chi connectivity index (χ4v) is 3.19. The molecule has 0 aliphatic heterocycles. The van der Waals surface area contributed by atoms with Crippen LogP contribution in [-0.4, -0.2) is 32.3 Å². The second-order valence-electron chi connectivity index (χ2n) is 5.51. The second kappa shape index (κ2) is 7.58. The Morgan fingerprint density at radius 1 is 1.19 bits per heavy atom. The van der Waals surface area contributed by atoms with Crippen molar-refractivity contribution in [2.75, 3.05) is 7.11 Å². The lowest BCUT2D eigenvalue weighted by molar-refractivity contribution is 0.414. The SMILES string of the molecule is COc1ccc(-n2nnnc2SCc2coc(-c3cccc(F)c3)n2)cc1. The normalized spacial score (nSPS) is 10.9. The van der Waals surface area contributed by atoms with E-state index in [1.165, 1.54) is 23.9 Å². The number of rotatable bonds is 6. The van der Waals surface area contributed by atoms with Crippen molar-refractivity contribution in [3.63, 3.8) is 0 Å². The highest BCUT2D eigenvalue weighted by atomic mass is 32.2. The van der Waals surface area contributed by atoms with Crippen molar-refractivity contribution in [3.8, 4) is 22.9 Å². The van der Waals surface area contributed by atoms with Gasteiger partial charge in [0.05, 0.1) is 18.5 Å². The van der Waals surface area contributed by atoms with Gasteiger partial charge in [0, 0.05) is 11.3 Å². The van der Waals surface area contributed by atoms with Crippen LogP contribution in [0.1, 0.15) is 5.69 Å². The van der Waals surface area contributed by atoms with E-state index in [1.807, 2.05) is 24.3 Å². The Bertz CT molecular complexity index is 1050. The monoisotopic (exact) mass is 383 g/mol. The Balaban J connectivity index is 1.48. The molecule has 0 aliphatic rings. The van der Waals surface area contributed by atoms with Gasteiger partial charge in [-0.3, -0.25) is 0 Å². The highest BCUT2D eigenvalue weighted by Gasteiger charge is 2.12. The summed E-state index contributed by atoms with van der Waals surface area (Å²) in [6, 6.07) is 13.6. The van der Waals surface area contributed by atoms with Gasteiger partial charge in [-0.1, -0.05) is 17.8 Å². The Hall–Kier alpha value is -3.20. The molecule has 0 atom stereocenters. The van der Waals surface area contributed by atoms with Crippen LogP contribution in [0.25, 0.3) is 17.1 Å². The molecule has 2 aromatic heterocycles. The largest absolute Gasteiger partial charge is 0.497 e. The molecule has 0 radical (unpaired) electrons. The Morgan fingerprint density at radius 3 is 2.81 bits per heavy atom. The lowest BCUT2D eigenvalue weighted by Gasteiger charge is -2.04. The summed E-state index contributed by atoms with van der Waals surface area (Å²) >= 11 is 1.42. The number of ether oxygens (including phenoxy) is 1.